The van der Waals surface area contributed by atoms with E-state index < -0.39 is 30.9 Å². The first-order valence-corrected chi connectivity index (χ1v) is 23.0. The van der Waals surface area contributed by atoms with E-state index in [9.17, 15) is 9.59 Å². The maximum atomic E-state index is 14.2. The summed E-state index contributed by atoms with van der Waals surface area (Å²) in [5.41, 5.74) is 0.878. The van der Waals surface area contributed by atoms with Gasteiger partial charge in [0.2, 0.25) is 0 Å². The molecule has 3 rings (SSSR count). The van der Waals surface area contributed by atoms with Gasteiger partial charge in [-0.05, 0) is 77.5 Å². The van der Waals surface area contributed by atoms with Gasteiger partial charge >= 0.3 is 5.97 Å². The Morgan fingerprint density at radius 2 is 1.45 bits per heavy atom. The van der Waals surface area contributed by atoms with E-state index in [1.54, 1.807) is 26.4 Å². The minimum absolute atomic E-state index is 0.00675. The van der Waals surface area contributed by atoms with Crippen molar-refractivity contribution in [3.8, 4) is 0 Å². The Labute approximate surface area is 365 Å². The van der Waals surface area contributed by atoms with Gasteiger partial charge in [0, 0.05) is 56.3 Å². The van der Waals surface area contributed by atoms with Crippen LogP contribution in [0.2, 0.25) is 0 Å². The summed E-state index contributed by atoms with van der Waals surface area (Å²) in [5.74, 6) is -0.277. The summed E-state index contributed by atoms with van der Waals surface area (Å²) in [6.45, 7) is 31.7. The Morgan fingerprint density at radius 1 is 0.833 bits per heavy atom. The van der Waals surface area contributed by atoms with Crippen LogP contribution in [0.15, 0.2) is 36.5 Å². The SMILES string of the molecule is C=CCO[C@@H]1CC(=O)O[C@H](CC)[C@@H](CO[C@@H]2O[C@H](C)[C@@H](C)[C@@H](C)[C@H]2C)/C=C(C)/C=C/C(=O)[C@H](C)C[C@H](CC(OC)OC)[C@H](O[C@@H]2O[C@H](C)[C@@H](C)[C@H](N(C)C)[C@H]2C)[C@H]1C.CC. The van der Waals surface area contributed by atoms with Crippen LogP contribution in [0, 0.1) is 53.3 Å². The first kappa shape index (κ1) is 54.2. The fourth-order valence-corrected chi connectivity index (χ4v) is 9.46. The van der Waals surface area contributed by atoms with Gasteiger partial charge in [0.25, 0.3) is 0 Å². The second-order valence-electron chi connectivity index (χ2n) is 18.1. The molecule has 0 aromatic heterocycles. The molecule has 0 aromatic rings. The molecule has 348 valence electrons. The molecule has 3 aliphatic rings. The van der Waals surface area contributed by atoms with Gasteiger partial charge < -0.3 is 42.8 Å². The van der Waals surface area contributed by atoms with Crippen molar-refractivity contribution in [3.05, 3.63) is 36.5 Å². The van der Waals surface area contributed by atoms with Crippen LogP contribution in [-0.4, -0.2) is 114 Å². The lowest BCUT2D eigenvalue weighted by Gasteiger charge is -2.48. The number of hydrogen-bond donors (Lipinski definition) is 0. The molecular weight excluding hydrogens is 763 g/mol. The second-order valence-corrected chi connectivity index (χ2v) is 18.1. The molecule has 0 saturated carbocycles. The highest BCUT2D eigenvalue weighted by molar-refractivity contribution is 5.91. The molecule has 2 saturated heterocycles. The molecule has 0 amide bonds. The average molecular weight is 850 g/mol. The third-order valence-electron chi connectivity index (χ3n) is 13.8. The van der Waals surface area contributed by atoms with E-state index in [1.807, 2.05) is 40.7 Å². The molecule has 0 bridgehead atoms. The van der Waals surface area contributed by atoms with Gasteiger partial charge in [0.1, 0.15) is 6.10 Å². The lowest BCUT2D eigenvalue weighted by Crippen LogP contribution is -2.56. The summed E-state index contributed by atoms with van der Waals surface area (Å²) in [6, 6.07) is 0.204. The number of rotatable bonds is 14. The standard InChI is InChI=1S/C47H81NO10.C2H6/c1-17-21-53-41-25-42(50)57-40(18-2)38(26-54-46-31(7)29(5)30(6)35(11)55-46)22-27(3)19-20-39(49)28(4)23-37(24-43(51-15)52-16)45(33(41)9)58-47-34(10)44(48(13)14)32(8)36(12)56-47;1-2/h17,19-20,22,28-38,40-41,43-47H,1,18,21,23-26H2,2-16H3;1-2H3/b20-19+,27-22+;/t28-,29-,30+,31-,32-,33+,34-,35-,36-,37-,38-,40-,41-,44+,45-,46-,47+;/m1./s1. The first-order valence-electron chi connectivity index (χ1n) is 23.0. The summed E-state index contributed by atoms with van der Waals surface area (Å²) in [4.78, 5) is 30.4. The van der Waals surface area contributed by atoms with E-state index in [4.69, 9.17) is 37.9 Å². The van der Waals surface area contributed by atoms with E-state index >= 15 is 0 Å². The van der Waals surface area contributed by atoms with Gasteiger partial charge in [0.15, 0.2) is 24.7 Å². The number of carbonyl (C=O) groups is 2. The van der Waals surface area contributed by atoms with Crippen molar-refractivity contribution in [2.45, 2.75) is 171 Å². The van der Waals surface area contributed by atoms with Gasteiger partial charge in [0.05, 0.1) is 44.1 Å². The number of ether oxygens (including phenoxy) is 8. The van der Waals surface area contributed by atoms with Crippen molar-refractivity contribution in [1.29, 1.82) is 0 Å². The smallest absolute Gasteiger partial charge is 0.308 e. The third-order valence-corrected chi connectivity index (χ3v) is 13.8. The lowest BCUT2D eigenvalue weighted by atomic mass is 9.78. The van der Waals surface area contributed by atoms with Crippen molar-refractivity contribution in [1.82, 2.24) is 4.90 Å². The molecule has 11 nitrogen and oxygen atoms in total. The van der Waals surface area contributed by atoms with Crippen LogP contribution in [0.25, 0.3) is 0 Å². The zero-order valence-electron chi connectivity index (χ0n) is 40.7. The minimum Gasteiger partial charge on any atom is -0.462 e. The Kier molecular flexibility index (Phi) is 24.0. The van der Waals surface area contributed by atoms with Gasteiger partial charge in [-0.3, -0.25) is 9.59 Å². The molecular formula is C49H87NO10. The topological polar surface area (TPSA) is 111 Å². The molecule has 0 N–H and O–H groups in total. The number of carbonyl (C=O) groups excluding carboxylic acids is 2. The second kappa shape index (κ2) is 26.6. The molecule has 0 unspecified atom stereocenters. The van der Waals surface area contributed by atoms with Crippen LogP contribution in [-0.2, 0) is 47.5 Å². The summed E-state index contributed by atoms with van der Waals surface area (Å²) in [6.07, 6.45) is 5.66. The number of hydrogen-bond acceptors (Lipinski definition) is 11. The fourth-order valence-electron chi connectivity index (χ4n) is 9.46. The van der Waals surface area contributed by atoms with Crippen LogP contribution in [0.4, 0.5) is 0 Å². The quantitative estimate of drug-likeness (QED) is 0.0948. The Morgan fingerprint density at radius 3 is 2.03 bits per heavy atom. The first-order chi connectivity index (χ1) is 28.4. The van der Waals surface area contributed by atoms with Gasteiger partial charge in [-0.25, -0.2) is 0 Å². The van der Waals surface area contributed by atoms with Crippen molar-refractivity contribution in [2.75, 3.05) is 41.5 Å². The maximum absolute atomic E-state index is 14.2. The average Bonchev–Trinajstić information content (AvgIpc) is 3.22. The van der Waals surface area contributed by atoms with Gasteiger partial charge in [-0.15, -0.1) is 6.58 Å². The van der Waals surface area contributed by atoms with Crippen LogP contribution >= 0.6 is 0 Å². The molecule has 2 fully saturated rings. The molecule has 11 heteroatoms. The number of nitrogens with zero attached hydrogens (tertiary/aromatic N) is 1. The van der Waals surface area contributed by atoms with E-state index in [-0.39, 0.29) is 90.7 Å². The van der Waals surface area contributed by atoms with Crippen LogP contribution in [0.1, 0.15) is 116 Å². The minimum atomic E-state index is -0.605. The maximum Gasteiger partial charge on any atom is 0.308 e. The highest BCUT2D eigenvalue weighted by atomic mass is 16.7. The summed E-state index contributed by atoms with van der Waals surface area (Å²) < 4.78 is 51.1. The highest BCUT2D eigenvalue weighted by Crippen LogP contribution is 2.40. The normalized spacial score (nSPS) is 40.2. The molecule has 3 heterocycles. The number of cyclic esters (lactones) is 1. The summed E-state index contributed by atoms with van der Waals surface area (Å²) in [7, 11) is 7.43. The van der Waals surface area contributed by atoms with Crippen LogP contribution in [0.3, 0.4) is 0 Å². The third kappa shape index (κ3) is 15.1. The van der Waals surface area contributed by atoms with Crippen molar-refractivity contribution < 1.29 is 47.5 Å². The number of allylic oxidation sites excluding steroid dienone is 3. The Hall–Kier alpha value is -1.96. The molecule has 0 aromatic carbocycles. The fraction of sp³-hybridized carbons (Fsp3) is 0.837. The predicted molar refractivity (Wildman–Crippen MR) is 239 cm³/mol. The molecule has 3 aliphatic heterocycles. The number of methoxy groups -OCH3 is 2. The van der Waals surface area contributed by atoms with E-state index in [0.29, 0.717) is 37.7 Å². The Balaban J connectivity index is 0.00000610. The van der Waals surface area contributed by atoms with Crippen LogP contribution < -0.4 is 0 Å². The zero-order chi connectivity index (χ0) is 45.4. The lowest BCUT2D eigenvalue weighted by molar-refractivity contribution is -0.280. The number of ketones is 1. The molecule has 0 radical (unpaired) electrons. The van der Waals surface area contributed by atoms with E-state index in [0.717, 1.165) is 5.57 Å². The zero-order valence-corrected chi connectivity index (χ0v) is 40.7. The monoisotopic (exact) mass is 850 g/mol. The summed E-state index contributed by atoms with van der Waals surface area (Å²) in [5, 5.41) is 0. The van der Waals surface area contributed by atoms with E-state index in [2.05, 4.69) is 87.0 Å². The van der Waals surface area contributed by atoms with E-state index in [1.165, 1.54) is 0 Å². The molecule has 60 heavy (non-hydrogen) atoms. The highest BCUT2D eigenvalue weighted by Gasteiger charge is 2.46. The Bertz CT molecular complexity index is 1330. The van der Waals surface area contributed by atoms with Crippen molar-refractivity contribution in [3.63, 3.8) is 0 Å². The molecule has 0 spiro atoms. The van der Waals surface area contributed by atoms with Crippen molar-refractivity contribution in [2.24, 2.45) is 53.3 Å². The van der Waals surface area contributed by atoms with Crippen molar-refractivity contribution >= 4 is 11.8 Å². The largest absolute Gasteiger partial charge is 0.462 e. The number of esters is 1. The van der Waals surface area contributed by atoms with Gasteiger partial charge in [-0.1, -0.05) is 93.0 Å². The van der Waals surface area contributed by atoms with Gasteiger partial charge in [-0.2, -0.15) is 0 Å². The molecule has 17 atom stereocenters. The summed E-state index contributed by atoms with van der Waals surface area (Å²) >= 11 is 0. The molecule has 0 aliphatic carbocycles. The van der Waals surface area contributed by atoms with Crippen LogP contribution in [0.5, 0.6) is 0 Å². The predicted octanol–water partition coefficient (Wildman–Crippen LogP) is 9.29.